The summed E-state index contributed by atoms with van der Waals surface area (Å²) in [5, 5.41) is 15.5. The van der Waals surface area contributed by atoms with E-state index in [1.807, 2.05) is 6.92 Å². The van der Waals surface area contributed by atoms with Crippen molar-refractivity contribution in [1.29, 1.82) is 0 Å². The number of hydrogen-bond acceptors (Lipinski definition) is 8. The molecule has 0 amide bonds. The molecule has 1 aromatic carbocycles. The van der Waals surface area contributed by atoms with Crippen molar-refractivity contribution in [3.05, 3.63) is 30.0 Å². The molecule has 1 saturated heterocycles. The Kier molecular flexibility index (Phi) is 5.57. The first-order valence-electron chi connectivity index (χ1n) is 11.2. The van der Waals surface area contributed by atoms with Crippen LogP contribution in [0, 0.1) is 0 Å². The number of rotatable bonds is 6. The Balaban J connectivity index is 1.65. The van der Waals surface area contributed by atoms with Crippen LogP contribution in [0.4, 0.5) is 14.5 Å². The zero-order chi connectivity index (χ0) is 24.3. The number of halogens is 2. The molecule has 2 aliphatic rings. The molecule has 1 saturated carbocycles. The summed E-state index contributed by atoms with van der Waals surface area (Å²) in [4.78, 5) is 2.16. The van der Waals surface area contributed by atoms with Crippen molar-refractivity contribution < 1.29 is 21.7 Å². The molecule has 2 atom stereocenters. The molecule has 1 aliphatic heterocycles. The average Bonchev–Trinajstić information content (AvgIpc) is 3.32. The van der Waals surface area contributed by atoms with Crippen molar-refractivity contribution in [2.24, 2.45) is 0 Å². The fourth-order valence-corrected chi connectivity index (χ4v) is 5.87. The summed E-state index contributed by atoms with van der Waals surface area (Å²) in [7, 11) is -3.83. The lowest BCUT2D eigenvalue weighted by Crippen LogP contribution is -2.54. The smallest absolute Gasteiger partial charge is 0.282 e. The molecule has 3 aromatic rings. The molecule has 5 rings (SSSR count). The summed E-state index contributed by atoms with van der Waals surface area (Å²) < 4.78 is 60.9. The van der Waals surface area contributed by atoms with Gasteiger partial charge in [-0.15, -0.1) is 10.2 Å². The van der Waals surface area contributed by atoms with Crippen molar-refractivity contribution in [3.8, 4) is 11.4 Å². The number of anilines is 1. The van der Waals surface area contributed by atoms with E-state index in [-0.39, 0.29) is 28.4 Å². The summed E-state index contributed by atoms with van der Waals surface area (Å²) in [5.41, 5.74) is 0.581. The van der Waals surface area contributed by atoms with E-state index in [1.54, 1.807) is 6.07 Å². The third-order valence-corrected chi connectivity index (χ3v) is 7.88. The third kappa shape index (κ3) is 4.37. The largest absolute Gasteiger partial charge is 0.365 e. The number of hydrogen-bond donors (Lipinski definition) is 2. The molecule has 0 spiro atoms. The van der Waals surface area contributed by atoms with E-state index >= 15 is 0 Å². The third-order valence-electron chi connectivity index (χ3n) is 6.27. The summed E-state index contributed by atoms with van der Waals surface area (Å²) >= 11 is 0. The van der Waals surface area contributed by atoms with E-state index in [0.717, 1.165) is 12.8 Å². The molecule has 0 radical (unpaired) electrons. The lowest BCUT2D eigenvalue weighted by Gasteiger charge is -2.37. The maximum absolute atomic E-state index is 13.3. The monoisotopic (exact) mass is 492 g/mol. The normalized spacial score (nSPS) is 22.5. The Morgan fingerprint density at radius 3 is 2.47 bits per heavy atom. The molecule has 3 heterocycles. The Labute approximate surface area is 195 Å². The van der Waals surface area contributed by atoms with Crippen LogP contribution in [-0.4, -0.2) is 54.5 Å². The molecule has 2 aromatic heterocycles. The summed E-state index contributed by atoms with van der Waals surface area (Å²) in [6, 6.07) is 6.02. The molecular weight excluding hydrogens is 466 g/mol. The van der Waals surface area contributed by atoms with Crippen LogP contribution in [-0.2, 0) is 10.0 Å². The number of fused-ring (bicyclic) bond motifs is 1. The Bertz CT molecular complexity index is 1310. The van der Waals surface area contributed by atoms with Crippen LogP contribution in [0.5, 0.6) is 0 Å². The van der Waals surface area contributed by atoms with Crippen molar-refractivity contribution >= 4 is 26.7 Å². The van der Waals surface area contributed by atoms with Gasteiger partial charge < -0.3 is 14.7 Å². The molecule has 2 fully saturated rings. The second kappa shape index (κ2) is 8.21. The van der Waals surface area contributed by atoms with E-state index in [0.29, 0.717) is 29.7 Å². The van der Waals surface area contributed by atoms with Crippen LogP contribution < -0.4 is 14.9 Å². The Hall–Kier alpha value is -2.70. The second-order valence-electron chi connectivity index (χ2n) is 9.53. The maximum Gasteiger partial charge on any atom is 0.282 e. The van der Waals surface area contributed by atoms with Gasteiger partial charge in [-0.05, 0) is 57.9 Å². The predicted octanol–water partition coefficient (Wildman–Crippen LogP) is 3.24. The van der Waals surface area contributed by atoms with Gasteiger partial charge in [0.15, 0.2) is 5.58 Å². The van der Waals surface area contributed by atoms with Gasteiger partial charge in [-0.3, -0.25) is 0 Å². The molecule has 1 aliphatic carbocycles. The number of piperazine rings is 1. The van der Waals surface area contributed by atoms with Crippen LogP contribution in [0.1, 0.15) is 45.7 Å². The molecule has 2 N–H and O–H groups in total. The molecule has 182 valence electrons. The fraction of sp³-hybridized carbons (Fsp3) is 0.500. The Morgan fingerprint density at radius 1 is 1.18 bits per heavy atom. The van der Waals surface area contributed by atoms with Gasteiger partial charge in [-0.1, -0.05) is 5.16 Å². The minimum absolute atomic E-state index is 0.0866. The van der Waals surface area contributed by atoms with Gasteiger partial charge in [0.25, 0.3) is 6.43 Å². The van der Waals surface area contributed by atoms with E-state index in [2.05, 4.69) is 44.1 Å². The number of benzene rings is 1. The van der Waals surface area contributed by atoms with Crippen LogP contribution in [0.15, 0.2) is 33.7 Å². The number of aromatic nitrogens is 3. The number of sulfonamides is 1. The van der Waals surface area contributed by atoms with E-state index in [4.69, 9.17) is 4.52 Å². The first-order valence-corrected chi connectivity index (χ1v) is 12.6. The first-order chi connectivity index (χ1) is 16.0. The average molecular weight is 493 g/mol. The summed E-state index contributed by atoms with van der Waals surface area (Å²) in [6.45, 7) is 7.28. The molecule has 12 heteroatoms. The lowest BCUT2D eigenvalue weighted by molar-refractivity contribution is 0.145. The number of alkyl halides is 2. The van der Waals surface area contributed by atoms with E-state index in [9.17, 15) is 17.2 Å². The molecule has 0 bridgehead atoms. The maximum atomic E-state index is 13.3. The zero-order valence-corrected chi connectivity index (χ0v) is 19.9. The van der Waals surface area contributed by atoms with Crippen molar-refractivity contribution in [2.45, 2.75) is 62.6 Å². The van der Waals surface area contributed by atoms with Crippen LogP contribution in [0.2, 0.25) is 0 Å². The van der Waals surface area contributed by atoms with Gasteiger partial charge in [0.05, 0.1) is 16.0 Å². The van der Waals surface area contributed by atoms with Gasteiger partial charge in [0, 0.05) is 30.7 Å². The minimum Gasteiger partial charge on any atom is -0.365 e. The van der Waals surface area contributed by atoms with Crippen molar-refractivity contribution in [3.63, 3.8) is 0 Å². The minimum atomic E-state index is -3.83. The highest BCUT2D eigenvalue weighted by Gasteiger charge is 2.41. The molecular formula is C22H26F2N6O3S. The number of nitrogens with zero attached hydrogens (tertiary/aromatic N) is 4. The van der Waals surface area contributed by atoms with Gasteiger partial charge in [0.1, 0.15) is 17.1 Å². The standard InChI is InChI=1S/C22H26F2N6O3S/c1-12-10-30(11-13(2)25-12)18-9-14(34(31,32)29-22(3)6-7-22)8-15-19(28-33-20(15)18)16-4-5-17(21(23)24)27-26-16/h4-5,8-9,12-13,21,25,29H,6-7,10-11H2,1-3H3/t12-,13-/m0/s1. The quantitative estimate of drug-likeness (QED) is 0.539. The van der Waals surface area contributed by atoms with Crippen LogP contribution >= 0.6 is 0 Å². The zero-order valence-electron chi connectivity index (χ0n) is 19.0. The number of nitrogens with one attached hydrogen (secondary N) is 2. The second-order valence-corrected chi connectivity index (χ2v) is 11.2. The van der Waals surface area contributed by atoms with Crippen molar-refractivity contribution in [1.82, 2.24) is 25.4 Å². The van der Waals surface area contributed by atoms with Crippen molar-refractivity contribution in [2.75, 3.05) is 18.0 Å². The van der Waals surface area contributed by atoms with Gasteiger partial charge in [0.2, 0.25) is 10.0 Å². The highest BCUT2D eigenvalue weighted by atomic mass is 32.2. The topological polar surface area (TPSA) is 113 Å². The van der Waals surface area contributed by atoms with Gasteiger partial charge in [-0.25, -0.2) is 21.9 Å². The summed E-state index contributed by atoms with van der Waals surface area (Å²) in [5.74, 6) is 0. The molecule has 9 nitrogen and oxygen atoms in total. The van der Waals surface area contributed by atoms with Crippen LogP contribution in [0.3, 0.4) is 0 Å². The molecule has 0 unspecified atom stereocenters. The lowest BCUT2D eigenvalue weighted by atomic mass is 10.1. The SMILES string of the molecule is C[C@H]1CN(c2cc(S(=O)(=O)NC3(C)CC3)cc3c(-c4ccc(C(F)F)nn4)noc23)C[C@H](C)N1. The van der Waals surface area contributed by atoms with E-state index < -0.39 is 27.7 Å². The van der Waals surface area contributed by atoms with Gasteiger partial charge >= 0.3 is 0 Å². The fourth-order valence-electron chi connectivity index (χ4n) is 4.36. The van der Waals surface area contributed by atoms with E-state index in [1.165, 1.54) is 18.2 Å². The highest BCUT2D eigenvalue weighted by Crippen LogP contribution is 2.39. The van der Waals surface area contributed by atoms with Crippen LogP contribution in [0.25, 0.3) is 22.4 Å². The van der Waals surface area contributed by atoms with Gasteiger partial charge in [-0.2, -0.15) is 0 Å². The predicted molar refractivity (Wildman–Crippen MR) is 122 cm³/mol. The first kappa shape index (κ1) is 23.1. The highest BCUT2D eigenvalue weighted by molar-refractivity contribution is 7.89. The Morgan fingerprint density at radius 2 is 1.88 bits per heavy atom. The summed E-state index contributed by atoms with van der Waals surface area (Å²) in [6.07, 6.45) is -1.19. The molecule has 34 heavy (non-hydrogen) atoms.